The lowest BCUT2D eigenvalue weighted by atomic mass is 10.2. The lowest BCUT2D eigenvalue weighted by molar-refractivity contribution is 0.534. The van der Waals surface area contributed by atoms with Crippen molar-refractivity contribution < 1.29 is 4.42 Å². The van der Waals surface area contributed by atoms with Crippen LogP contribution in [0.1, 0.15) is 16.8 Å². The number of aryl methyl sites for hydroxylation is 3. The van der Waals surface area contributed by atoms with Gasteiger partial charge < -0.3 is 4.42 Å². The lowest BCUT2D eigenvalue weighted by Gasteiger charge is -2.03. The smallest absolute Gasteiger partial charge is 0.337 e. The maximum absolute atomic E-state index is 11.6. The number of fused-ring (bicyclic) bond motifs is 1. The van der Waals surface area contributed by atoms with E-state index in [1.807, 2.05) is 45.0 Å². The maximum Gasteiger partial charge on any atom is 0.337 e. The van der Waals surface area contributed by atoms with E-state index < -0.39 is 0 Å². The third-order valence-electron chi connectivity index (χ3n) is 3.19. The van der Waals surface area contributed by atoms with Crippen molar-refractivity contribution in [3.8, 4) is 5.69 Å². The predicted octanol–water partition coefficient (Wildman–Crippen LogP) is 2.90. The molecule has 0 N–H and O–H groups in total. The number of aromatic nitrogens is 2. The van der Waals surface area contributed by atoms with Crippen LogP contribution in [0.3, 0.4) is 0 Å². The summed E-state index contributed by atoms with van der Waals surface area (Å²) in [7, 11) is 0. The molecule has 3 aromatic rings. The fraction of sp³-hybridized carbons (Fsp3) is 0.200. The van der Waals surface area contributed by atoms with Gasteiger partial charge in [0.25, 0.3) is 0 Å². The van der Waals surface area contributed by atoms with E-state index >= 15 is 0 Å². The molecule has 0 fully saturated rings. The molecule has 0 bridgehead atoms. The Morgan fingerprint density at radius 1 is 1.16 bits per heavy atom. The summed E-state index contributed by atoms with van der Waals surface area (Å²) in [6.45, 7) is 5.83. The Morgan fingerprint density at radius 2 is 1.95 bits per heavy atom. The molecule has 0 unspecified atom stereocenters. The zero-order valence-electron chi connectivity index (χ0n) is 11.1. The second kappa shape index (κ2) is 4.09. The van der Waals surface area contributed by atoms with E-state index in [1.54, 1.807) is 4.68 Å². The molecule has 19 heavy (non-hydrogen) atoms. The van der Waals surface area contributed by atoms with Gasteiger partial charge in [-0.05, 0) is 44.0 Å². The molecule has 0 atom stereocenters. The quantitative estimate of drug-likeness (QED) is 0.671. The Morgan fingerprint density at radius 3 is 2.68 bits per heavy atom. The van der Waals surface area contributed by atoms with Gasteiger partial charge in [-0.3, -0.25) is 0 Å². The summed E-state index contributed by atoms with van der Waals surface area (Å²) in [4.78, 5) is 11.6. The highest BCUT2D eigenvalue weighted by molar-refractivity contribution is 5.81. The monoisotopic (exact) mass is 254 g/mol. The molecule has 1 aromatic carbocycles. The summed E-state index contributed by atoms with van der Waals surface area (Å²) in [5.41, 5.74) is 3.94. The fourth-order valence-electron chi connectivity index (χ4n) is 2.36. The molecule has 0 saturated carbocycles. The molecular formula is C15H14N2O2. The molecule has 0 aliphatic carbocycles. The van der Waals surface area contributed by atoms with Gasteiger partial charge in [0, 0.05) is 6.07 Å². The maximum atomic E-state index is 11.6. The van der Waals surface area contributed by atoms with Gasteiger partial charge in [0.2, 0.25) is 5.71 Å². The van der Waals surface area contributed by atoms with E-state index in [0.717, 1.165) is 27.9 Å². The number of nitrogens with zero attached hydrogens (tertiary/aromatic N) is 2. The van der Waals surface area contributed by atoms with Crippen molar-refractivity contribution >= 4 is 11.1 Å². The molecule has 3 rings (SSSR count). The topological polar surface area (TPSA) is 48.0 Å². The van der Waals surface area contributed by atoms with Crippen molar-refractivity contribution in [2.75, 3.05) is 0 Å². The molecule has 0 aliphatic heterocycles. The molecule has 96 valence electrons. The normalized spacial score (nSPS) is 11.1. The Kier molecular flexibility index (Phi) is 2.52. The van der Waals surface area contributed by atoms with Gasteiger partial charge in [-0.2, -0.15) is 9.78 Å². The molecule has 2 aromatic heterocycles. The number of benzene rings is 1. The molecule has 2 heterocycles. The van der Waals surface area contributed by atoms with Crippen molar-refractivity contribution in [3.05, 3.63) is 57.6 Å². The minimum absolute atomic E-state index is 0.348. The van der Waals surface area contributed by atoms with Gasteiger partial charge in [0.05, 0.1) is 16.8 Å². The van der Waals surface area contributed by atoms with Gasteiger partial charge in [-0.15, -0.1) is 0 Å². The SMILES string of the molecule is Cc1cccc(-n2nc(C)c3c(C)cc(=O)oc32)c1. The predicted molar refractivity (Wildman–Crippen MR) is 73.8 cm³/mol. The number of rotatable bonds is 1. The summed E-state index contributed by atoms with van der Waals surface area (Å²) in [5, 5.41) is 5.39. The van der Waals surface area contributed by atoms with E-state index in [-0.39, 0.29) is 5.63 Å². The minimum atomic E-state index is -0.348. The molecule has 0 spiro atoms. The molecule has 4 nitrogen and oxygen atoms in total. The van der Waals surface area contributed by atoms with Crippen molar-refractivity contribution in [1.82, 2.24) is 9.78 Å². The molecule has 0 amide bonds. The van der Waals surface area contributed by atoms with E-state index in [1.165, 1.54) is 6.07 Å². The first-order valence-electron chi connectivity index (χ1n) is 6.13. The van der Waals surface area contributed by atoms with Gasteiger partial charge in [-0.25, -0.2) is 4.79 Å². The van der Waals surface area contributed by atoms with E-state index in [4.69, 9.17) is 4.42 Å². The summed E-state index contributed by atoms with van der Waals surface area (Å²) in [6, 6.07) is 9.43. The largest absolute Gasteiger partial charge is 0.403 e. The fourth-order valence-corrected chi connectivity index (χ4v) is 2.36. The molecule has 0 saturated heterocycles. The highest BCUT2D eigenvalue weighted by Crippen LogP contribution is 2.23. The van der Waals surface area contributed by atoms with Crippen LogP contribution in [0.4, 0.5) is 0 Å². The van der Waals surface area contributed by atoms with E-state index in [9.17, 15) is 4.79 Å². The van der Waals surface area contributed by atoms with Gasteiger partial charge >= 0.3 is 5.63 Å². The average Bonchev–Trinajstić information content (AvgIpc) is 2.66. The molecule has 4 heteroatoms. The molecule has 0 aliphatic rings. The Labute approximate surface area is 110 Å². The first kappa shape index (κ1) is 11.7. The standard InChI is InChI=1S/C15H14N2O2/c1-9-5-4-6-12(7-9)17-15-14(11(3)16-17)10(2)8-13(18)19-15/h4-8H,1-3H3. The van der Waals surface area contributed by atoms with E-state index in [2.05, 4.69) is 5.10 Å². The van der Waals surface area contributed by atoms with Crippen molar-refractivity contribution in [2.24, 2.45) is 0 Å². The van der Waals surface area contributed by atoms with Crippen LogP contribution in [0.2, 0.25) is 0 Å². The number of hydrogen-bond acceptors (Lipinski definition) is 3. The van der Waals surface area contributed by atoms with Crippen molar-refractivity contribution in [2.45, 2.75) is 20.8 Å². The Balaban J connectivity index is 2.40. The van der Waals surface area contributed by atoms with Crippen LogP contribution >= 0.6 is 0 Å². The molecule has 0 radical (unpaired) electrons. The second-order valence-corrected chi connectivity index (χ2v) is 4.76. The summed E-state index contributed by atoms with van der Waals surface area (Å²) in [6.07, 6.45) is 0. The van der Waals surface area contributed by atoms with Crippen molar-refractivity contribution in [3.63, 3.8) is 0 Å². The van der Waals surface area contributed by atoms with E-state index in [0.29, 0.717) is 5.71 Å². The summed E-state index contributed by atoms with van der Waals surface area (Å²) < 4.78 is 7.02. The second-order valence-electron chi connectivity index (χ2n) is 4.76. The van der Waals surface area contributed by atoms with Crippen LogP contribution in [0.5, 0.6) is 0 Å². The minimum Gasteiger partial charge on any atom is -0.403 e. The zero-order chi connectivity index (χ0) is 13.6. The first-order chi connectivity index (χ1) is 9.06. The van der Waals surface area contributed by atoms with Crippen molar-refractivity contribution in [1.29, 1.82) is 0 Å². The third-order valence-corrected chi connectivity index (χ3v) is 3.19. The lowest BCUT2D eigenvalue weighted by Crippen LogP contribution is -2.01. The highest BCUT2D eigenvalue weighted by atomic mass is 16.4. The zero-order valence-corrected chi connectivity index (χ0v) is 11.1. The third kappa shape index (κ3) is 1.85. The first-order valence-corrected chi connectivity index (χ1v) is 6.13. The molecular weight excluding hydrogens is 240 g/mol. The van der Waals surface area contributed by atoms with Crippen LogP contribution in [-0.4, -0.2) is 9.78 Å². The van der Waals surface area contributed by atoms with Crippen LogP contribution in [0.25, 0.3) is 16.8 Å². The van der Waals surface area contributed by atoms with Crippen LogP contribution in [0.15, 0.2) is 39.5 Å². The Hall–Kier alpha value is -2.36. The summed E-state index contributed by atoms with van der Waals surface area (Å²) in [5.74, 6) is 0. The van der Waals surface area contributed by atoms with Crippen LogP contribution in [0, 0.1) is 20.8 Å². The van der Waals surface area contributed by atoms with Gasteiger partial charge in [0.15, 0.2) is 0 Å². The average molecular weight is 254 g/mol. The summed E-state index contributed by atoms with van der Waals surface area (Å²) >= 11 is 0. The van der Waals surface area contributed by atoms with Crippen LogP contribution in [-0.2, 0) is 0 Å². The Bertz CT molecular complexity index is 828. The van der Waals surface area contributed by atoms with Gasteiger partial charge in [0.1, 0.15) is 0 Å². The highest BCUT2D eigenvalue weighted by Gasteiger charge is 2.14. The number of hydrogen-bond donors (Lipinski definition) is 0. The van der Waals surface area contributed by atoms with Crippen LogP contribution < -0.4 is 5.63 Å². The van der Waals surface area contributed by atoms with Gasteiger partial charge in [-0.1, -0.05) is 12.1 Å².